The van der Waals surface area contributed by atoms with Gasteiger partial charge in [0.1, 0.15) is 5.78 Å². The third-order valence-corrected chi connectivity index (χ3v) is 2.56. The van der Waals surface area contributed by atoms with Crippen LogP contribution in [0.25, 0.3) is 0 Å². The number of nitrogens with one attached hydrogen (secondary N) is 2. The molecule has 0 bridgehead atoms. The molecule has 0 unspecified atom stereocenters. The Kier molecular flexibility index (Phi) is 15.6. The van der Waals surface area contributed by atoms with Crippen molar-refractivity contribution in [1.29, 1.82) is 0 Å². The van der Waals surface area contributed by atoms with Crippen molar-refractivity contribution in [1.82, 2.24) is 10.6 Å². The first-order valence-corrected chi connectivity index (χ1v) is 6.46. The number of ketones is 1. The maximum Gasteiger partial charge on any atom is 0.257 e. The monoisotopic (exact) mass is 438 g/mol. The van der Waals surface area contributed by atoms with E-state index >= 15 is 0 Å². The summed E-state index contributed by atoms with van der Waals surface area (Å²) in [5.41, 5.74) is 0.196. The number of imide groups is 2. The van der Waals surface area contributed by atoms with Crippen LogP contribution in [0.1, 0.15) is 55.3 Å². The Morgan fingerprint density at radius 1 is 0.846 bits per heavy atom. The minimum atomic E-state index is -0.790. The molecule has 1 aromatic carbocycles. The summed E-state index contributed by atoms with van der Waals surface area (Å²) in [6.07, 6.45) is 0.405. The van der Waals surface area contributed by atoms with E-state index in [-0.39, 0.29) is 64.5 Å². The summed E-state index contributed by atoms with van der Waals surface area (Å²) < 4.78 is 0. The fourth-order valence-electron chi connectivity index (χ4n) is 1.55. The second-order valence-corrected chi connectivity index (χ2v) is 4.53. The summed E-state index contributed by atoms with van der Waals surface area (Å²) in [6.45, 7) is 1.22. The molecule has 1 aromatic rings. The van der Waals surface area contributed by atoms with Crippen LogP contribution in [0.15, 0.2) is 24.3 Å². The van der Waals surface area contributed by atoms with Crippen LogP contribution in [-0.4, -0.2) is 35.7 Å². The average Bonchev–Trinajstić information content (AvgIpc) is 2.46. The summed E-state index contributed by atoms with van der Waals surface area (Å²) in [7, 11) is 0. The van der Waals surface area contributed by atoms with Crippen LogP contribution in [0, 0.1) is 0 Å². The van der Waals surface area contributed by atoms with Gasteiger partial charge in [0.05, 0.1) is 6.42 Å². The Bertz CT molecular complexity index is 670. The molecule has 1 radical (unpaired) electrons. The zero-order valence-corrected chi connectivity index (χ0v) is 15.6. The van der Waals surface area contributed by atoms with Crippen LogP contribution in [0.5, 0.6) is 0 Å². The van der Waals surface area contributed by atoms with E-state index in [9.17, 15) is 28.8 Å². The molecule has 139 valence electrons. The van der Waals surface area contributed by atoms with Gasteiger partial charge in [0.2, 0.25) is 5.91 Å². The van der Waals surface area contributed by atoms with E-state index in [4.69, 9.17) is 0 Å². The van der Waals surface area contributed by atoms with Crippen molar-refractivity contribution in [2.24, 2.45) is 0 Å². The Hall–Kier alpha value is -2.06. The molecule has 8 nitrogen and oxygen atoms in total. The SMILES string of the molecule is C.C.CC(=O)CC(=O)NC(=O)c1ccc(C(=O)NC(=O)C[C-]=O)cc1.[Y]. The number of rotatable bonds is 6. The number of hydrogen-bond donors (Lipinski definition) is 2. The van der Waals surface area contributed by atoms with Crippen molar-refractivity contribution in [3.05, 3.63) is 35.4 Å². The van der Waals surface area contributed by atoms with Crippen LogP contribution in [0.4, 0.5) is 0 Å². The predicted octanol–water partition coefficient (Wildman–Crippen LogP) is 0.948. The first-order chi connectivity index (χ1) is 10.8. The van der Waals surface area contributed by atoms with Crippen molar-refractivity contribution < 1.29 is 61.5 Å². The second-order valence-electron chi connectivity index (χ2n) is 4.53. The van der Waals surface area contributed by atoms with Crippen molar-refractivity contribution in [3.63, 3.8) is 0 Å². The van der Waals surface area contributed by atoms with Gasteiger partial charge in [-0.25, -0.2) is 0 Å². The largest absolute Gasteiger partial charge is 0.541 e. The summed E-state index contributed by atoms with van der Waals surface area (Å²) in [6, 6.07) is 5.11. The molecule has 1 rings (SSSR count). The summed E-state index contributed by atoms with van der Waals surface area (Å²) in [5, 5.41) is 4.00. The molecule has 0 aliphatic rings. The predicted molar refractivity (Wildman–Crippen MR) is 90.5 cm³/mol. The first-order valence-electron chi connectivity index (χ1n) is 6.46. The first kappa shape index (κ1) is 28.7. The number of Topliss-reactive ketones (excluding diaryl/α,β-unsaturated/α-hetero) is 1. The van der Waals surface area contributed by atoms with Gasteiger partial charge < -0.3 is 4.79 Å². The van der Waals surface area contributed by atoms with E-state index in [0.717, 1.165) is 0 Å². The van der Waals surface area contributed by atoms with Crippen LogP contribution in [0.2, 0.25) is 0 Å². The topological polar surface area (TPSA) is 126 Å². The van der Waals surface area contributed by atoms with Crippen LogP contribution < -0.4 is 10.6 Å². The molecule has 9 heteroatoms. The van der Waals surface area contributed by atoms with Crippen molar-refractivity contribution in [2.75, 3.05) is 0 Å². The number of benzene rings is 1. The molecule has 0 aliphatic heterocycles. The van der Waals surface area contributed by atoms with Crippen LogP contribution >= 0.6 is 0 Å². The van der Waals surface area contributed by atoms with Gasteiger partial charge in [0.15, 0.2) is 5.91 Å². The number of amides is 4. The summed E-state index contributed by atoms with van der Waals surface area (Å²) in [5.74, 6) is -3.33. The van der Waals surface area contributed by atoms with E-state index in [2.05, 4.69) is 0 Å². The molecule has 0 aromatic heterocycles. The molecule has 0 spiro atoms. The zero-order chi connectivity index (χ0) is 17.4. The van der Waals surface area contributed by atoms with Crippen LogP contribution in [0.3, 0.4) is 0 Å². The van der Waals surface area contributed by atoms with Crippen molar-refractivity contribution in [2.45, 2.75) is 34.6 Å². The van der Waals surface area contributed by atoms with E-state index in [1.54, 1.807) is 0 Å². The van der Waals surface area contributed by atoms with E-state index in [1.165, 1.54) is 37.5 Å². The Morgan fingerprint density at radius 2 is 1.23 bits per heavy atom. The van der Waals surface area contributed by atoms with Gasteiger partial charge in [-0.3, -0.25) is 40.9 Å². The number of hydrogen-bond acceptors (Lipinski definition) is 6. The van der Waals surface area contributed by atoms with E-state index in [1.807, 2.05) is 10.6 Å². The average molecular weight is 438 g/mol. The maximum absolute atomic E-state index is 11.7. The molecule has 0 heterocycles. The third kappa shape index (κ3) is 10.1. The van der Waals surface area contributed by atoms with Gasteiger partial charge in [-0.2, -0.15) is 0 Å². The van der Waals surface area contributed by atoms with Gasteiger partial charge in [-0.1, -0.05) is 21.3 Å². The minimum absolute atomic E-state index is 0. The second kappa shape index (κ2) is 14.1. The Morgan fingerprint density at radius 3 is 1.58 bits per heavy atom. The smallest absolute Gasteiger partial charge is 0.257 e. The Balaban J connectivity index is -0.00000176. The van der Waals surface area contributed by atoms with Gasteiger partial charge in [-0.05, 0) is 31.2 Å². The van der Waals surface area contributed by atoms with Gasteiger partial charge in [-0.15, -0.1) is 0 Å². The summed E-state index contributed by atoms with van der Waals surface area (Å²) in [4.78, 5) is 66.6. The molecular weight excluding hydrogens is 417 g/mol. The van der Waals surface area contributed by atoms with Gasteiger partial charge in [0.25, 0.3) is 11.8 Å². The fraction of sp³-hybridized carbons (Fsp3) is 0.294. The molecule has 0 saturated heterocycles. The molecule has 0 atom stereocenters. The van der Waals surface area contributed by atoms with Crippen molar-refractivity contribution in [3.8, 4) is 0 Å². The van der Waals surface area contributed by atoms with E-state index < -0.39 is 36.5 Å². The molecule has 26 heavy (non-hydrogen) atoms. The third-order valence-electron chi connectivity index (χ3n) is 2.56. The summed E-state index contributed by atoms with van der Waals surface area (Å²) >= 11 is 0. The van der Waals surface area contributed by atoms with E-state index in [0.29, 0.717) is 0 Å². The fourth-order valence-corrected chi connectivity index (χ4v) is 1.55. The normalized spacial score (nSPS) is 8.50. The maximum atomic E-state index is 11.7. The molecule has 0 aliphatic carbocycles. The molecule has 0 fully saturated rings. The van der Waals surface area contributed by atoms with Gasteiger partial charge in [0, 0.05) is 43.8 Å². The Labute approximate surface area is 177 Å². The standard InChI is InChI=1S/C15H13N2O6.2CH4.Y/c1-9(19)8-13(21)17-15(23)11-4-2-10(3-5-11)14(22)16-12(20)6-7-18;;;/h2-5H,6,8H2,1H3,(H,16,20,22)(H,17,21,23);2*1H4;/q-1;;;. The van der Waals surface area contributed by atoms with Gasteiger partial charge >= 0.3 is 0 Å². The number of carbonyl (C=O) groups excluding carboxylic acids is 6. The molecule has 2 N–H and O–H groups in total. The van der Waals surface area contributed by atoms with Crippen LogP contribution in [-0.2, 0) is 51.9 Å². The molecule has 0 saturated carbocycles. The molecular formula is C17H21N2O6Y-. The molecule has 4 amide bonds. The zero-order valence-electron chi connectivity index (χ0n) is 12.8. The quantitative estimate of drug-likeness (QED) is 0.503. The number of carbonyl (C=O) groups is 5. The van der Waals surface area contributed by atoms with Crippen molar-refractivity contribution >= 4 is 35.7 Å². The minimum Gasteiger partial charge on any atom is -0.541 e.